The summed E-state index contributed by atoms with van der Waals surface area (Å²) in [5.74, 6) is 1.40. The summed E-state index contributed by atoms with van der Waals surface area (Å²) in [6, 6.07) is 5.32. The number of hydrogen-bond donors (Lipinski definition) is 1. The maximum Gasteiger partial charge on any atom is 0.293 e. The lowest BCUT2D eigenvalue weighted by Crippen LogP contribution is -2.45. The van der Waals surface area contributed by atoms with Crippen molar-refractivity contribution in [2.45, 2.75) is 45.7 Å². The second-order valence-corrected chi connectivity index (χ2v) is 7.37. The lowest BCUT2D eigenvalue weighted by Gasteiger charge is -2.34. The van der Waals surface area contributed by atoms with Gasteiger partial charge in [0.25, 0.3) is 5.56 Å². The summed E-state index contributed by atoms with van der Waals surface area (Å²) < 4.78 is 7.90. The zero-order chi connectivity index (χ0) is 19.0. The number of carbonyl (C=O) groups excluding carboxylic acids is 1. The van der Waals surface area contributed by atoms with Crippen molar-refractivity contribution in [1.82, 2.24) is 24.7 Å². The third kappa shape index (κ3) is 3.39. The Morgan fingerprint density at radius 3 is 3.00 bits per heavy atom. The minimum Gasteiger partial charge on any atom is -0.463 e. The van der Waals surface area contributed by atoms with Crippen LogP contribution >= 0.6 is 0 Å². The van der Waals surface area contributed by atoms with Gasteiger partial charge in [0, 0.05) is 12.1 Å². The molecule has 8 nitrogen and oxygen atoms in total. The number of nitrogens with zero attached hydrogens (tertiary/aromatic N) is 4. The summed E-state index contributed by atoms with van der Waals surface area (Å²) in [7, 11) is 0. The lowest BCUT2D eigenvalue weighted by molar-refractivity contribution is -0.123. The van der Waals surface area contributed by atoms with E-state index in [0.29, 0.717) is 28.8 Å². The van der Waals surface area contributed by atoms with Crippen LogP contribution in [-0.4, -0.2) is 31.3 Å². The van der Waals surface area contributed by atoms with E-state index in [2.05, 4.69) is 29.4 Å². The highest BCUT2D eigenvalue weighted by molar-refractivity contribution is 5.76. The molecule has 8 heteroatoms. The molecule has 3 atom stereocenters. The molecule has 0 unspecified atom stereocenters. The second-order valence-electron chi connectivity index (χ2n) is 7.37. The van der Waals surface area contributed by atoms with Crippen molar-refractivity contribution in [3.63, 3.8) is 0 Å². The molecule has 3 aromatic rings. The Morgan fingerprint density at radius 2 is 2.22 bits per heavy atom. The van der Waals surface area contributed by atoms with Gasteiger partial charge in [0.15, 0.2) is 5.76 Å². The van der Waals surface area contributed by atoms with Crippen molar-refractivity contribution in [2.24, 2.45) is 11.8 Å². The van der Waals surface area contributed by atoms with Gasteiger partial charge in [0.1, 0.15) is 24.1 Å². The molecule has 27 heavy (non-hydrogen) atoms. The molecule has 1 N–H and O–H groups in total. The maximum absolute atomic E-state index is 12.7. The van der Waals surface area contributed by atoms with Gasteiger partial charge in [-0.3, -0.25) is 9.59 Å². The van der Waals surface area contributed by atoms with E-state index in [4.69, 9.17) is 4.42 Å². The van der Waals surface area contributed by atoms with Gasteiger partial charge < -0.3 is 9.73 Å². The summed E-state index contributed by atoms with van der Waals surface area (Å²) in [5.41, 5.74) is 0.540. The molecule has 1 amide bonds. The first-order valence-corrected chi connectivity index (χ1v) is 9.31. The van der Waals surface area contributed by atoms with E-state index < -0.39 is 0 Å². The Balaban J connectivity index is 1.52. The van der Waals surface area contributed by atoms with Gasteiger partial charge in [0.2, 0.25) is 5.91 Å². The number of hydrogen-bond acceptors (Lipinski definition) is 5. The smallest absolute Gasteiger partial charge is 0.293 e. The van der Waals surface area contributed by atoms with Crippen molar-refractivity contribution in [2.75, 3.05) is 0 Å². The van der Waals surface area contributed by atoms with Gasteiger partial charge in [-0.25, -0.2) is 9.20 Å². The monoisotopic (exact) mass is 369 g/mol. The minimum absolute atomic E-state index is 0.103. The molecule has 0 radical (unpaired) electrons. The van der Waals surface area contributed by atoms with Crippen LogP contribution in [0.3, 0.4) is 0 Å². The van der Waals surface area contributed by atoms with Gasteiger partial charge in [-0.15, -0.1) is 0 Å². The quantitative estimate of drug-likeness (QED) is 0.760. The largest absolute Gasteiger partial charge is 0.463 e. The van der Waals surface area contributed by atoms with E-state index in [9.17, 15) is 9.59 Å². The molecule has 1 saturated carbocycles. The Morgan fingerprint density at radius 1 is 1.37 bits per heavy atom. The van der Waals surface area contributed by atoms with Crippen LogP contribution in [0.2, 0.25) is 0 Å². The molecule has 0 bridgehead atoms. The molecule has 3 aromatic heterocycles. The highest BCUT2D eigenvalue weighted by atomic mass is 16.3. The summed E-state index contributed by atoms with van der Waals surface area (Å²) in [6.07, 6.45) is 6.28. The molecule has 142 valence electrons. The van der Waals surface area contributed by atoms with Gasteiger partial charge >= 0.3 is 0 Å². The lowest BCUT2D eigenvalue weighted by atomic mass is 9.78. The molecular formula is C19H23N5O3. The van der Waals surface area contributed by atoms with Crippen LogP contribution < -0.4 is 10.9 Å². The van der Waals surface area contributed by atoms with Gasteiger partial charge in [-0.1, -0.05) is 26.7 Å². The number of rotatable bonds is 4. The molecule has 0 aromatic carbocycles. The Labute approximate surface area is 156 Å². The highest BCUT2D eigenvalue weighted by Gasteiger charge is 2.28. The van der Waals surface area contributed by atoms with Crippen LogP contribution in [0.5, 0.6) is 0 Å². The summed E-state index contributed by atoms with van der Waals surface area (Å²) in [4.78, 5) is 25.1. The second kappa shape index (κ2) is 7.02. The zero-order valence-electron chi connectivity index (χ0n) is 15.5. The van der Waals surface area contributed by atoms with E-state index in [1.165, 1.54) is 21.9 Å². The molecule has 0 spiro atoms. The van der Waals surface area contributed by atoms with Gasteiger partial charge in [0.05, 0.1) is 6.26 Å². The molecule has 3 heterocycles. The van der Waals surface area contributed by atoms with Crippen molar-refractivity contribution in [1.29, 1.82) is 0 Å². The standard InChI is InChI=1S/C19H23N5O3/c1-12-5-3-6-14(13(12)2)21-18(25)10-23-19(26)16-9-15(17-7-4-8-27-17)22-24(16)11-20-23/h4,7-9,11-14H,3,5-6,10H2,1-2H3,(H,21,25)/t12-,13+,14-/m1/s1. The Bertz CT molecular complexity index is 1000. The SMILES string of the molecule is C[C@H]1[C@H](C)CCC[C@H]1NC(=O)Cn1ncn2nc(-c3ccco3)cc2c1=O. The van der Waals surface area contributed by atoms with Crippen molar-refractivity contribution >= 4 is 11.4 Å². The van der Waals surface area contributed by atoms with Crippen molar-refractivity contribution < 1.29 is 9.21 Å². The number of nitrogens with one attached hydrogen (secondary N) is 1. The fourth-order valence-electron chi connectivity index (χ4n) is 3.77. The Hall–Kier alpha value is -2.90. The zero-order valence-corrected chi connectivity index (χ0v) is 15.5. The number of amides is 1. The number of furan rings is 1. The molecule has 1 aliphatic rings. The Kier molecular flexibility index (Phi) is 4.55. The summed E-state index contributed by atoms with van der Waals surface area (Å²) >= 11 is 0. The van der Waals surface area contributed by atoms with E-state index in [0.717, 1.165) is 12.8 Å². The first kappa shape index (κ1) is 17.5. The maximum atomic E-state index is 12.7. The molecule has 1 fully saturated rings. The van der Waals surface area contributed by atoms with Crippen molar-refractivity contribution in [3.8, 4) is 11.5 Å². The molecule has 0 saturated heterocycles. The first-order valence-electron chi connectivity index (χ1n) is 9.31. The third-order valence-corrected chi connectivity index (χ3v) is 5.61. The van der Waals surface area contributed by atoms with E-state index in [-0.39, 0.29) is 24.1 Å². The average molecular weight is 369 g/mol. The van der Waals surface area contributed by atoms with Crippen LogP contribution in [0.4, 0.5) is 0 Å². The van der Waals surface area contributed by atoms with Crippen LogP contribution in [-0.2, 0) is 11.3 Å². The normalized spacial score (nSPS) is 22.8. The fraction of sp³-hybridized carbons (Fsp3) is 0.474. The summed E-state index contributed by atoms with van der Waals surface area (Å²) in [6.45, 7) is 4.29. The molecular weight excluding hydrogens is 346 g/mol. The van der Waals surface area contributed by atoms with E-state index in [1.807, 2.05) is 0 Å². The topological polar surface area (TPSA) is 94.4 Å². The van der Waals surface area contributed by atoms with Crippen molar-refractivity contribution in [3.05, 3.63) is 41.1 Å². The first-order chi connectivity index (χ1) is 13.0. The minimum atomic E-state index is -0.358. The number of carbonyl (C=O) groups is 1. The van der Waals surface area contributed by atoms with Crippen LogP contribution in [0.25, 0.3) is 17.0 Å². The van der Waals surface area contributed by atoms with Gasteiger partial charge in [-0.2, -0.15) is 10.2 Å². The van der Waals surface area contributed by atoms with Gasteiger partial charge in [-0.05, 0) is 30.4 Å². The predicted octanol–water partition coefficient (Wildman–Crippen LogP) is 2.09. The number of aromatic nitrogens is 4. The summed E-state index contributed by atoms with van der Waals surface area (Å²) in [5, 5.41) is 11.5. The van der Waals surface area contributed by atoms with Crippen LogP contribution in [0, 0.1) is 11.8 Å². The molecule has 4 rings (SSSR count). The number of fused-ring (bicyclic) bond motifs is 1. The third-order valence-electron chi connectivity index (χ3n) is 5.61. The average Bonchev–Trinajstić information content (AvgIpc) is 3.31. The fourth-order valence-corrected chi connectivity index (χ4v) is 3.77. The predicted molar refractivity (Wildman–Crippen MR) is 99.1 cm³/mol. The van der Waals surface area contributed by atoms with E-state index >= 15 is 0 Å². The van der Waals surface area contributed by atoms with Crippen LogP contribution in [0.1, 0.15) is 33.1 Å². The van der Waals surface area contributed by atoms with E-state index in [1.54, 1.807) is 24.5 Å². The molecule has 1 aliphatic carbocycles. The molecule has 0 aliphatic heterocycles. The highest BCUT2D eigenvalue weighted by Crippen LogP contribution is 2.29. The van der Waals surface area contributed by atoms with Crippen LogP contribution in [0.15, 0.2) is 40.0 Å².